The molecule has 0 radical (unpaired) electrons. The maximum atomic E-state index is 4.69. The van der Waals surface area contributed by atoms with Crippen LogP contribution in [-0.4, -0.2) is 18.1 Å². The Hall–Kier alpha value is -1.39. The topological polar surface area (TPSA) is 28.2 Å². The molecule has 108 valence electrons. The van der Waals surface area contributed by atoms with Crippen LogP contribution in [-0.2, 0) is 13.1 Å². The first-order valence-electron chi connectivity index (χ1n) is 7.01. The van der Waals surface area contributed by atoms with Crippen molar-refractivity contribution in [3.8, 4) is 0 Å². The Bertz CT molecular complexity index is 535. The summed E-state index contributed by atoms with van der Waals surface area (Å²) in [6, 6.07) is 6.95. The van der Waals surface area contributed by atoms with Crippen molar-refractivity contribution < 1.29 is 0 Å². The maximum absolute atomic E-state index is 4.69. The van der Waals surface area contributed by atoms with E-state index in [1.165, 1.54) is 16.0 Å². The summed E-state index contributed by atoms with van der Waals surface area (Å²) in [6.45, 7) is 8.37. The van der Waals surface area contributed by atoms with Crippen molar-refractivity contribution in [3.05, 3.63) is 45.8 Å². The van der Waals surface area contributed by atoms with E-state index < -0.39 is 0 Å². The second-order valence-corrected chi connectivity index (χ2v) is 6.35. The fraction of sp³-hybridized carbons (Fsp3) is 0.438. The second kappa shape index (κ2) is 6.86. The monoisotopic (exact) mass is 289 g/mol. The summed E-state index contributed by atoms with van der Waals surface area (Å²) in [5.41, 5.74) is 2.47. The first-order valence-corrected chi connectivity index (χ1v) is 7.89. The quantitative estimate of drug-likeness (QED) is 0.881. The van der Waals surface area contributed by atoms with Gasteiger partial charge in [0.15, 0.2) is 0 Å². The minimum absolute atomic E-state index is 0.429. The number of nitrogens with one attached hydrogen (secondary N) is 1. The predicted octanol–water partition coefficient (Wildman–Crippen LogP) is 3.59. The Kier molecular flexibility index (Phi) is 5.15. The zero-order valence-corrected chi connectivity index (χ0v) is 13.5. The molecule has 0 unspecified atom stereocenters. The van der Waals surface area contributed by atoms with Crippen LogP contribution in [0.25, 0.3) is 0 Å². The predicted molar refractivity (Wildman–Crippen MR) is 87.4 cm³/mol. The summed E-state index contributed by atoms with van der Waals surface area (Å²) in [5, 5.41) is 5.30. The van der Waals surface area contributed by atoms with Gasteiger partial charge in [-0.3, -0.25) is 0 Å². The van der Waals surface area contributed by atoms with Crippen LogP contribution in [0.1, 0.15) is 29.9 Å². The van der Waals surface area contributed by atoms with Gasteiger partial charge in [-0.1, -0.05) is 6.07 Å². The number of thiophene rings is 1. The molecule has 0 aliphatic carbocycles. The van der Waals surface area contributed by atoms with Gasteiger partial charge in [-0.25, -0.2) is 4.98 Å². The van der Waals surface area contributed by atoms with Crippen LogP contribution in [0.4, 0.5) is 5.82 Å². The number of pyridine rings is 1. The molecule has 3 nitrogen and oxygen atoms in total. The molecule has 1 N–H and O–H groups in total. The number of rotatable bonds is 6. The van der Waals surface area contributed by atoms with Crippen LogP contribution in [0, 0.1) is 6.92 Å². The summed E-state index contributed by atoms with van der Waals surface area (Å²) < 4.78 is 0. The van der Waals surface area contributed by atoms with E-state index in [-0.39, 0.29) is 0 Å². The maximum Gasteiger partial charge on any atom is 0.131 e. The summed E-state index contributed by atoms with van der Waals surface area (Å²) in [5.74, 6) is 1.09. The number of nitrogens with zero attached hydrogens (tertiary/aromatic N) is 2. The molecule has 0 aliphatic heterocycles. The van der Waals surface area contributed by atoms with E-state index in [1.807, 2.05) is 13.2 Å². The molecule has 2 rings (SSSR count). The Morgan fingerprint density at radius 2 is 2.20 bits per heavy atom. The van der Waals surface area contributed by atoms with Gasteiger partial charge in [0.25, 0.3) is 0 Å². The van der Waals surface area contributed by atoms with Crippen LogP contribution in [0.2, 0.25) is 0 Å². The number of anilines is 1. The Morgan fingerprint density at radius 3 is 2.75 bits per heavy atom. The number of aryl methyl sites for hydroxylation is 1. The van der Waals surface area contributed by atoms with Gasteiger partial charge >= 0.3 is 0 Å². The van der Waals surface area contributed by atoms with Crippen molar-refractivity contribution in [3.63, 3.8) is 0 Å². The van der Waals surface area contributed by atoms with Gasteiger partial charge in [-0.2, -0.15) is 0 Å². The van der Waals surface area contributed by atoms with Gasteiger partial charge in [0.2, 0.25) is 0 Å². The molecule has 2 aromatic heterocycles. The van der Waals surface area contributed by atoms with Gasteiger partial charge in [-0.15, -0.1) is 11.3 Å². The van der Waals surface area contributed by atoms with Gasteiger partial charge in [0.1, 0.15) is 5.82 Å². The van der Waals surface area contributed by atoms with Crippen LogP contribution >= 0.6 is 11.3 Å². The van der Waals surface area contributed by atoms with Crippen LogP contribution < -0.4 is 10.2 Å². The number of aromatic nitrogens is 1. The first-order chi connectivity index (χ1) is 9.61. The molecular weight excluding hydrogens is 266 g/mol. The highest BCUT2D eigenvalue weighted by atomic mass is 32.1. The summed E-state index contributed by atoms with van der Waals surface area (Å²) >= 11 is 1.80. The van der Waals surface area contributed by atoms with Gasteiger partial charge in [0.05, 0.1) is 6.54 Å². The lowest BCUT2D eigenvalue weighted by molar-refractivity contribution is 0.673. The van der Waals surface area contributed by atoms with E-state index in [9.17, 15) is 0 Å². The molecule has 0 atom stereocenters. The average molecular weight is 289 g/mol. The standard InChI is InChI=1S/C16H23N3S/c1-12(2)19(11-15-6-5-7-20-15)16-13(3)8-14(9-17-4)10-18-16/h5-8,10,12,17H,9,11H2,1-4H3. The van der Waals surface area contributed by atoms with E-state index in [0.29, 0.717) is 6.04 Å². The summed E-state index contributed by atoms with van der Waals surface area (Å²) in [7, 11) is 1.96. The fourth-order valence-corrected chi connectivity index (χ4v) is 3.00. The first kappa shape index (κ1) is 15.0. The van der Waals surface area contributed by atoms with Crippen molar-refractivity contribution in [1.82, 2.24) is 10.3 Å². The number of hydrogen-bond donors (Lipinski definition) is 1. The van der Waals surface area contributed by atoms with E-state index in [0.717, 1.165) is 18.9 Å². The normalized spacial score (nSPS) is 11.1. The second-order valence-electron chi connectivity index (χ2n) is 5.32. The highest BCUT2D eigenvalue weighted by Gasteiger charge is 2.15. The lowest BCUT2D eigenvalue weighted by Gasteiger charge is -2.29. The van der Waals surface area contributed by atoms with Crippen molar-refractivity contribution in [1.29, 1.82) is 0 Å². The van der Waals surface area contributed by atoms with E-state index in [4.69, 9.17) is 0 Å². The summed E-state index contributed by atoms with van der Waals surface area (Å²) in [4.78, 5) is 8.43. The molecule has 0 aromatic carbocycles. The third-order valence-corrected chi connectivity index (χ3v) is 4.15. The molecule has 0 saturated carbocycles. The molecule has 0 saturated heterocycles. The van der Waals surface area contributed by atoms with Crippen LogP contribution in [0.15, 0.2) is 29.8 Å². The molecular formula is C16H23N3S. The number of hydrogen-bond acceptors (Lipinski definition) is 4. The van der Waals surface area contributed by atoms with Crippen molar-refractivity contribution >= 4 is 17.2 Å². The van der Waals surface area contributed by atoms with Crippen LogP contribution in [0.3, 0.4) is 0 Å². The molecule has 20 heavy (non-hydrogen) atoms. The third kappa shape index (κ3) is 3.58. The summed E-state index contributed by atoms with van der Waals surface area (Å²) in [6.07, 6.45) is 1.97. The Balaban J connectivity index is 2.25. The lowest BCUT2D eigenvalue weighted by atomic mass is 10.1. The molecule has 0 amide bonds. The van der Waals surface area contributed by atoms with E-state index >= 15 is 0 Å². The van der Waals surface area contributed by atoms with Crippen LogP contribution in [0.5, 0.6) is 0 Å². The molecule has 4 heteroatoms. The lowest BCUT2D eigenvalue weighted by Crippen LogP contribution is -2.31. The molecule has 0 bridgehead atoms. The van der Waals surface area contributed by atoms with Crippen molar-refractivity contribution in [2.75, 3.05) is 11.9 Å². The van der Waals surface area contributed by atoms with Crippen molar-refractivity contribution in [2.24, 2.45) is 0 Å². The average Bonchev–Trinajstić information content (AvgIpc) is 2.90. The molecule has 0 aliphatic rings. The van der Waals surface area contributed by atoms with E-state index in [2.05, 4.69) is 59.6 Å². The molecule has 0 spiro atoms. The highest BCUT2D eigenvalue weighted by molar-refractivity contribution is 7.09. The molecule has 0 fully saturated rings. The third-order valence-electron chi connectivity index (χ3n) is 3.29. The molecule has 2 aromatic rings. The van der Waals surface area contributed by atoms with Gasteiger partial charge in [0, 0.05) is 23.7 Å². The Morgan fingerprint density at radius 1 is 1.40 bits per heavy atom. The smallest absolute Gasteiger partial charge is 0.131 e. The van der Waals surface area contributed by atoms with Crippen molar-refractivity contribution in [2.45, 2.75) is 39.9 Å². The minimum atomic E-state index is 0.429. The zero-order chi connectivity index (χ0) is 14.5. The Labute approximate surface area is 125 Å². The fourth-order valence-electron chi connectivity index (χ4n) is 2.30. The minimum Gasteiger partial charge on any atom is -0.349 e. The largest absolute Gasteiger partial charge is 0.349 e. The van der Waals surface area contributed by atoms with Gasteiger partial charge in [-0.05, 0) is 56.5 Å². The molecule has 2 heterocycles. The van der Waals surface area contributed by atoms with Gasteiger partial charge < -0.3 is 10.2 Å². The highest BCUT2D eigenvalue weighted by Crippen LogP contribution is 2.24. The zero-order valence-electron chi connectivity index (χ0n) is 12.7. The SMILES string of the molecule is CNCc1cnc(N(Cc2cccs2)C(C)C)c(C)c1. The van der Waals surface area contributed by atoms with E-state index in [1.54, 1.807) is 11.3 Å².